The molecule has 0 aliphatic carbocycles. The van der Waals surface area contributed by atoms with Gasteiger partial charge in [0.1, 0.15) is 4.88 Å². The number of carbonyl (C=O) groups excluding carboxylic acids is 1. The smallest absolute Gasteiger partial charge is 0.266 e. The van der Waals surface area contributed by atoms with Gasteiger partial charge in [-0.1, -0.05) is 0 Å². The summed E-state index contributed by atoms with van der Waals surface area (Å²) in [7, 11) is 0. The van der Waals surface area contributed by atoms with Crippen LogP contribution >= 0.6 is 11.3 Å². The zero-order valence-corrected chi connectivity index (χ0v) is 9.17. The Morgan fingerprint density at radius 1 is 1.73 bits per heavy atom. The van der Waals surface area contributed by atoms with Crippen LogP contribution in [0, 0.1) is 0 Å². The van der Waals surface area contributed by atoms with Crippen LogP contribution in [0.4, 0.5) is 5.69 Å². The Bertz CT molecular complexity index is 364. The van der Waals surface area contributed by atoms with Crippen LogP contribution in [0.1, 0.15) is 22.5 Å². The summed E-state index contributed by atoms with van der Waals surface area (Å²) in [6, 6.07) is 1.71. The van der Waals surface area contributed by atoms with E-state index in [-0.39, 0.29) is 18.6 Å². The average Bonchev–Trinajstić information content (AvgIpc) is 2.84. The highest BCUT2D eigenvalue weighted by Crippen LogP contribution is 2.25. The third-order valence-electron chi connectivity index (χ3n) is 2.74. The molecule has 1 aliphatic rings. The van der Waals surface area contributed by atoms with Gasteiger partial charge in [0.15, 0.2) is 0 Å². The van der Waals surface area contributed by atoms with Crippen molar-refractivity contribution in [3.8, 4) is 0 Å². The fraction of sp³-hybridized carbons (Fsp3) is 0.500. The molecule has 3 N–H and O–H groups in total. The quantitative estimate of drug-likeness (QED) is 0.788. The molecule has 82 valence electrons. The van der Waals surface area contributed by atoms with Crippen LogP contribution in [0.25, 0.3) is 0 Å². The van der Waals surface area contributed by atoms with Gasteiger partial charge in [0.25, 0.3) is 5.91 Å². The number of nitrogens with zero attached hydrogens (tertiary/aromatic N) is 1. The average molecular weight is 226 g/mol. The molecule has 0 radical (unpaired) electrons. The predicted octanol–water partition coefficient (Wildman–Crippen LogP) is 0.927. The first-order valence-corrected chi connectivity index (χ1v) is 5.87. The van der Waals surface area contributed by atoms with Crippen molar-refractivity contribution in [1.82, 2.24) is 4.90 Å². The fourth-order valence-electron chi connectivity index (χ4n) is 1.92. The molecule has 2 heterocycles. The van der Waals surface area contributed by atoms with Crippen molar-refractivity contribution < 1.29 is 9.90 Å². The summed E-state index contributed by atoms with van der Waals surface area (Å²) in [6.45, 7) is 0.762. The van der Waals surface area contributed by atoms with Gasteiger partial charge < -0.3 is 15.7 Å². The van der Waals surface area contributed by atoms with Gasteiger partial charge in [-0.2, -0.15) is 0 Å². The molecule has 2 rings (SSSR count). The van der Waals surface area contributed by atoms with Crippen molar-refractivity contribution in [2.24, 2.45) is 0 Å². The Morgan fingerprint density at radius 3 is 3.13 bits per heavy atom. The van der Waals surface area contributed by atoms with Gasteiger partial charge in [0.2, 0.25) is 0 Å². The minimum Gasteiger partial charge on any atom is -0.397 e. The van der Waals surface area contributed by atoms with Crippen molar-refractivity contribution in [1.29, 1.82) is 0 Å². The van der Waals surface area contributed by atoms with E-state index in [2.05, 4.69) is 0 Å². The molecule has 15 heavy (non-hydrogen) atoms. The van der Waals surface area contributed by atoms with Gasteiger partial charge in [0, 0.05) is 6.54 Å². The summed E-state index contributed by atoms with van der Waals surface area (Å²) in [5.74, 6) is -0.0425. The van der Waals surface area contributed by atoms with Crippen molar-refractivity contribution in [2.75, 3.05) is 18.9 Å². The second-order valence-corrected chi connectivity index (χ2v) is 4.60. The lowest BCUT2D eigenvalue weighted by atomic mass is 10.2. The molecule has 1 saturated heterocycles. The summed E-state index contributed by atoms with van der Waals surface area (Å²) >= 11 is 1.36. The summed E-state index contributed by atoms with van der Waals surface area (Å²) in [6.07, 6.45) is 1.84. The Hall–Kier alpha value is -1.07. The molecular weight excluding hydrogens is 212 g/mol. The third-order valence-corrected chi connectivity index (χ3v) is 3.66. The maximum absolute atomic E-state index is 12.0. The highest BCUT2D eigenvalue weighted by atomic mass is 32.1. The molecule has 0 saturated carbocycles. The fourth-order valence-corrected chi connectivity index (χ4v) is 2.69. The first-order chi connectivity index (χ1) is 7.24. The molecule has 1 aromatic rings. The number of aliphatic hydroxyl groups is 1. The summed E-state index contributed by atoms with van der Waals surface area (Å²) < 4.78 is 0. The molecule has 0 unspecified atom stereocenters. The van der Waals surface area contributed by atoms with Gasteiger partial charge in [-0.3, -0.25) is 4.79 Å². The van der Waals surface area contributed by atoms with E-state index in [1.807, 2.05) is 5.38 Å². The number of nitrogens with two attached hydrogens (primary N) is 1. The van der Waals surface area contributed by atoms with Gasteiger partial charge in [0.05, 0.1) is 18.3 Å². The SMILES string of the molecule is Nc1ccsc1C(=O)N1CCC[C@@H]1CO. The van der Waals surface area contributed by atoms with Crippen LogP contribution in [0.15, 0.2) is 11.4 Å². The number of likely N-dealkylation sites (tertiary alicyclic amines) is 1. The lowest BCUT2D eigenvalue weighted by Crippen LogP contribution is -2.37. The number of hydrogen-bond acceptors (Lipinski definition) is 4. The first kappa shape index (κ1) is 10.4. The number of carbonyl (C=O) groups is 1. The molecule has 0 spiro atoms. The van der Waals surface area contributed by atoms with Gasteiger partial charge in [-0.15, -0.1) is 11.3 Å². The number of rotatable bonds is 2. The number of nitrogen functional groups attached to an aromatic ring is 1. The largest absolute Gasteiger partial charge is 0.397 e. The maximum Gasteiger partial charge on any atom is 0.266 e. The van der Waals surface area contributed by atoms with Crippen molar-refractivity contribution in [3.63, 3.8) is 0 Å². The van der Waals surface area contributed by atoms with E-state index in [0.29, 0.717) is 10.6 Å². The van der Waals surface area contributed by atoms with Gasteiger partial charge >= 0.3 is 0 Å². The standard InChI is InChI=1S/C10H14N2O2S/c11-8-3-5-15-9(8)10(14)12-4-1-2-7(12)6-13/h3,5,7,13H,1-2,4,6,11H2/t7-/m1/s1. The van der Waals surface area contributed by atoms with E-state index in [4.69, 9.17) is 10.8 Å². The minimum atomic E-state index is -0.0425. The van der Waals surface area contributed by atoms with Crippen molar-refractivity contribution >= 4 is 22.9 Å². The third kappa shape index (κ3) is 1.85. The second kappa shape index (κ2) is 4.20. The molecule has 1 aromatic heterocycles. The maximum atomic E-state index is 12.0. The summed E-state index contributed by atoms with van der Waals surface area (Å²) in [4.78, 5) is 14.4. The van der Waals surface area contributed by atoms with Crippen LogP contribution in [-0.4, -0.2) is 35.1 Å². The topological polar surface area (TPSA) is 66.6 Å². The van der Waals surface area contributed by atoms with E-state index >= 15 is 0 Å². The molecule has 0 aromatic carbocycles. The Kier molecular flexibility index (Phi) is 2.93. The summed E-state index contributed by atoms with van der Waals surface area (Å²) in [5.41, 5.74) is 6.23. The molecule has 5 heteroatoms. The van der Waals surface area contributed by atoms with E-state index in [9.17, 15) is 4.79 Å². The molecule has 1 atom stereocenters. The zero-order chi connectivity index (χ0) is 10.8. The molecular formula is C10H14N2O2S. The number of hydrogen-bond donors (Lipinski definition) is 2. The van der Waals surface area contributed by atoms with E-state index < -0.39 is 0 Å². The number of thiophene rings is 1. The lowest BCUT2D eigenvalue weighted by Gasteiger charge is -2.22. The second-order valence-electron chi connectivity index (χ2n) is 3.68. The Morgan fingerprint density at radius 2 is 2.53 bits per heavy atom. The first-order valence-electron chi connectivity index (χ1n) is 4.99. The summed E-state index contributed by atoms with van der Waals surface area (Å²) in [5, 5.41) is 10.9. The Labute approximate surface area is 92.3 Å². The van der Waals surface area contributed by atoms with Crippen LogP contribution in [0.2, 0.25) is 0 Å². The van der Waals surface area contributed by atoms with Gasteiger partial charge in [-0.05, 0) is 24.3 Å². The number of amides is 1. The molecule has 0 bridgehead atoms. The van der Waals surface area contributed by atoms with Crippen LogP contribution in [0.3, 0.4) is 0 Å². The predicted molar refractivity (Wildman–Crippen MR) is 59.9 cm³/mol. The minimum absolute atomic E-state index is 0.0287. The normalized spacial score (nSPS) is 20.9. The zero-order valence-electron chi connectivity index (χ0n) is 8.35. The van der Waals surface area contributed by atoms with E-state index in [0.717, 1.165) is 19.4 Å². The van der Waals surface area contributed by atoms with E-state index in [1.165, 1.54) is 11.3 Å². The number of anilines is 1. The van der Waals surface area contributed by atoms with Crippen molar-refractivity contribution in [3.05, 3.63) is 16.3 Å². The van der Waals surface area contributed by atoms with Crippen LogP contribution in [0.5, 0.6) is 0 Å². The molecule has 1 fully saturated rings. The van der Waals surface area contributed by atoms with E-state index in [1.54, 1.807) is 11.0 Å². The molecule has 1 aliphatic heterocycles. The Balaban J connectivity index is 2.18. The van der Waals surface area contributed by atoms with Crippen LogP contribution < -0.4 is 5.73 Å². The molecule has 1 amide bonds. The monoisotopic (exact) mass is 226 g/mol. The molecule has 4 nitrogen and oxygen atoms in total. The number of aliphatic hydroxyl groups excluding tert-OH is 1. The highest BCUT2D eigenvalue weighted by molar-refractivity contribution is 7.12. The highest BCUT2D eigenvalue weighted by Gasteiger charge is 2.30. The van der Waals surface area contributed by atoms with Crippen LogP contribution in [-0.2, 0) is 0 Å². The van der Waals surface area contributed by atoms with Crippen molar-refractivity contribution in [2.45, 2.75) is 18.9 Å². The van der Waals surface area contributed by atoms with Gasteiger partial charge in [-0.25, -0.2) is 0 Å². The lowest BCUT2D eigenvalue weighted by molar-refractivity contribution is 0.0683.